The standard InChI is InChI=1S/C14H10ClNO3/c1-9-12(7-11(15)8-13(9)16(18)19)14(17)10-5-3-2-4-6-10/h2-8H,1H3. The monoisotopic (exact) mass is 275 g/mol. The molecule has 96 valence electrons. The zero-order valence-corrected chi connectivity index (χ0v) is 10.8. The lowest BCUT2D eigenvalue weighted by molar-refractivity contribution is -0.385. The molecule has 0 aromatic heterocycles. The van der Waals surface area contributed by atoms with Crippen LogP contribution in [0.5, 0.6) is 0 Å². The second-order valence-corrected chi connectivity index (χ2v) is 4.49. The van der Waals surface area contributed by atoms with Crippen LogP contribution in [0.25, 0.3) is 0 Å². The number of ketones is 1. The summed E-state index contributed by atoms with van der Waals surface area (Å²) in [6.07, 6.45) is 0. The van der Waals surface area contributed by atoms with Crippen molar-refractivity contribution in [2.75, 3.05) is 0 Å². The van der Waals surface area contributed by atoms with Gasteiger partial charge in [-0.1, -0.05) is 41.9 Å². The van der Waals surface area contributed by atoms with E-state index in [1.807, 2.05) is 0 Å². The molecular formula is C14H10ClNO3. The molecule has 0 amide bonds. The first-order chi connectivity index (χ1) is 9.00. The number of carbonyl (C=O) groups excluding carboxylic acids is 1. The van der Waals surface area contributed by atoms with Gasteiger partial charge in [0.15, 0.2) is 5.78 Å². The molecule has 0 atom stereocenters. The molecule has 0 saturated carbocycles. The molecule has 4 nitrogen and oxygen atoms in total. The number of nitro benzene ring substituents is 1. The van der Waals surface area contributed by atoms with E-state index in [0.717, 1.165) is 0 Å². The van der Waals surface area contributed by atoms with Crippen molar-refractivity contribution in [3.63, 3.8) is 0 Å². The molecule has 0 aliphatic heterocycles. The summed E-state index contributed by atoms with van der Waals surface area (Å²) in [5.41, 5.74) is 0.905. The summed E-state index contributed by atoms with van der Waals surface area (Å²) in [5, 5.41) is 11.1. The average molecular weight is 276 g/mol. The highest BCUT2D eigenvalue weighted by atomic mass is 35.5. The third-order valence-electron chi connectivity index (χ3n) is 2.82. The Morgan fingerprint density at radius 1 is 1.21 bits per heavy atom. The Kier molecular flexibility index (Phi) is 3.62. The minimum atomic E-state index is -0.539. The van der Waals surface area contributed by atoms with Crippen LogP contribution in [0.3, 0.4) is 0 Å². The summed E-state index contributed by atoms with van der Waals surface area (Å²) in [6.45, 7) is 1.55. The van der Waals surface area contributed by atoms with Gasteiger partial charge in [-0.25, -0.2) is 0 Å². The molecule has 0 radical (unpaired) electrons. The van der Waals surface area contributed by atoms with Crippen molar-refractivity contribution in [1.29, 1.82) is 0 Å². The van der Waals surface area contributed by atoms with Crippen LogP contribution in [-0.4, -0.2) is 10.7 Å². The van der Waals surface area contributed by atoms with E-state index in [0.29, 0.717) is 11.1 Å². The van der Waals surface area contributed by atoms with E-state index in [-0.39, 0.29) is 22.1 Å². The molecular weight excluding hydrogens is 266 g/mol. The first-order valence-electron chi connectivity index (χ1n) is 5.55. The fraction of sp³-hybridized carbons (Fsp3) is 0.0714. The number of rotatable bonds is 3. The molecule has 0 unspecified atom stereocenters. The number of halogens is 1. The van der Waals surface area contributed by atoms with E-state index in [9.17, 15) is 14.9 Å². The molecule has 5 heteroatoms. The summed E-state index contributed by atoms with van der Waals surface area (Å²) in [6, 6.07) is 11.3. The molecule has 0 N–H and O–H groups in total. The number of benzene rings is 2. The first-order valence-corrected chi connectivity index (χ1v) is 5.93. The fourth-order valence-electron chi connectivity index (χ4n) is 1.84. The Morgan fingerprint density at radius 3 is 2.42 bits per heavy atom. The van der Waals surface area contributed by atoms with E-state index in [1.165, 1.54) is 12.1 Å². The normalized spacial score (nSPS) is 10.2. The Labute approximate surface area is 114 Å². The van der Waals surface area contributed by atoms with Crippen LogP contribution < -0.4 is 0 Å². The van der Waals surface area contributed by atoms with Crippen molar-refractivity contribution in [3.8, 4) is 0 Å². The molecule has 0 heterocycles. The van der Waals surface area contributed by atoms with E-state index in [1.54, 1.807) is 37.3 Å². The molecule has 0 spiro atoms. The maximum absolute atomic E-state index is 12.3. The van der Waals surface area contributed by atoms with Crippen molar-refractivity contribution in [3.05, 3.63) is 74.3 Å². The van der Waals surface area contributed by atoms with Gasteiger partial charge in [0.05, 0.1) is 4.92 Å². The van der Waals surface area contributed by atoms with Crippen molar-refractivity contribution in [2.24, 2.45) is 0 Å². The molecule has 19 heavy (non-hydrogen) atoms. The summed E-state index contributed by atoms with van der Waals surface area (Å²) in [7, 11) is 0. The zero-order chi connectivity index (χ0) is 14.0. The first kappa shape index (κ1) is 13.2. The van der Waals surface area contributed by atoms with Gasteiger partial charge in [0.2, 0.25) is 0 Å². The number of nitro groups is 1. The molecule has 2 aromatic rings. The predicted molar refractivity (Wildman–Crippen MR) is 72.7 cm³/mol. The maximum Gasteiger partial charge on any atom is 0.274 e. The second kappa shape index (κ2) is 5.20. The van der Waals surface area contributed by atoms with Crippen molar-refractivity contribution in [1.82, 2.24) is 0 Å². The van der Waals surface area contributed by atoms with Crippen LogP contribution in [0.2, 0.25) is 5.02 Å². The second-order valence-electron chi connectivity index (χ2n) is 4.05. The Hall–Kier alpha value is -2.20. The van der Waals surface area contributed by atoms with Crippen LogP contribution in [0.4, 0.5) is 5.69 Å². The molecule has 0 aliphatic carbocycles. The lowest BCUT2D eigenvalue weighted by Crippen LogP contribution is -2.05. The van der Waals surface area contributed by atoms with E-state index < -0.39 is 4.92 Å². The molecule has 2 rings (SSSR count). The number of hydrogen-bond donors (Lipinski definition) is 0. The van der Waals surface area contributed by atoms with Gasteiger partial charge < -0.3 is 0 Å². The maximum atomic E-state index is 12.3. The number of carbonyl (C=O) groups is 1. The minimum absolute atomic E-state index is 0.146. The highest BCUT2D eigenvalue weighted by Crippen LogP contribution is 2.28. The summed E-state index contributed by atoms with van der Waals surface area (Å²) in [5.74, 6) is -0.274. The van der Waals surface area contributed by atoms with Gasteiger partial charge in [-0.2, -0.15) is 0 Å². The molecule has 0 fully saturated rings. The van der Waals surface area contributed by atoms with E-state index in [2.05, 4.69) is 0 Å². The van der Waals surface area contributed by atoms with Crippen LogP contribution in [0.15, 0.2) is 42.5 Å². The highest BCUT2D eigenvalue weighted by molar-refractivity contribution is 6.31. The van der Waals surface area contributed by atoms with Gasteiger partial charge in [-0.05, 0) is 13.0 Å². The topological polar surface area (TPSA) is 60.2 Å². The lowest BCUT2D eigenvalue weighted by Gasteiger charge is -2.06. The van der Waals surface area contributed by atoms with Crippen LogP contribution >= 0.6 is 11.6 Å². The quantitative estimate of drug-likeness (QED) is 0.486. The summed E-state index contributed by atoms with van der Waals surface area (Å²) >= 11 is 5.84. The van der Waals surface area contributed by atoms with Gasteiger partial charge in [0.25, 0.3) is 5.69 Å². The molecule has 0 aliphatic rings. The third kappa shape index (κ3) is 2.63. The van der Waals surface area contributed by atoms with Crippen LogP contribution in [0, 0.1) is 17.0 Å². The Bertz CT molecular complexity index is 653. The highest BCUT2D eigenvalue weighted by Gasteiger charge is 2.20. The summed E-state index contributed by atoms with van der Waals surface area (Å²) < 4.78 is 0. The van der Waals surface area contributed by atoms with Gasteiger partial charge in [0.1, 0.15) is 0 Å². The molecule has 0 bridgehead atoms. The van der Waals surface area contributed by atoms with Gasteiger partial charge in [-0.3, -0.25) is 14.9 Å². The van der Waals surface area contributed by atoms with Crippen molar-refractivity contribution < 1.29 is 9.72 Å². The number of nitrogens with zero attached hydrogens (tertiary/aromatic N) is 1. The predicted octanol–water partition coefficient (Wildman–Crippen LogP) is 3.79. The Morgan fingerprint density at radius 2 is 1.84 bits per heavy atom. The molecule has 0 saturated heterocycles. The summed E-state index contributed by atoms with van der Waals surface area (Å²) in [4.78, 5) is 22.7. The SMILES string of the molecule is Cc1c(C(=O)c2ccccc2)cc(Cl)cc1[N+](=O)[O-]. The van der Waals surface area contributed by atoms with Gasteiger partial charge in [0, 0.05) is 27.8 Å². The van der Waals surface area contributed by atoms with Crippen LogP contribution in [-0.2, 0) is 0 Å². The largest absolute Gasteiger partial charge is 0.289 e. The smallest absolute Gasteiger partial charge is 0.274 e. The zero-order valence-electron chi connectivity index (χ0n) is 10.1. The third-order valence-corrected chi connectivity index (χ3v) is 3.04. The average Bonchev–Trinajstić information content (AvgIpc) is 2.41. The minimum Gasteiger partial charge on any atom is -0.289 e. The van der Waals surface area contributed by atoms with Crippen molar-refractivity contribution in [2.45, 2.75) is 6.92 Å². The Balaban J connectivity index is 2.57. The van der Waals surface area contributed by atoms with Crippen molar-refractivity contribution >= 4 is 23.1 Å². The van der Waals surface area contributed by atoms with Crippen LogP contribution in [0.1, 0.15) is 21.5 Å². The van der Waals surface area contributed by atoms with E-state index in [4.69, 9.17) is 11.6 Å². The molecule has 2 aromatic carbocycles. The lowest BCUT2D eigenvalue weighted by atomic mass is 9.98. The van der Waals surface area contributed by atoms with Gasteiger partial charge in [-0.15, -0.1) is 0 Å². The van der Waals surface area contributed by atoms with Gasteiger partial charge >= 0.3 is 0 Å². The number of hydrogen-bond acceptors (Lipinski definition) is 3. The fourth-order valence-corrected chi connectivity index (χ4v) is 2.05. The van der Waals surface area contributed by atoms with E-state index >= 15 is 0 Å².